The van der Waals surface area contributed by atoms with Gasteiger partial charge in [-0.1, -0.05) is 26.0 Å². The van der Waals surface area contributed by atoms with Crippen LogP contribution in [0.4, 0.5) is 10.8 Å². The monoisotopic (exact) mass is 416 g/mol. The van der Waals surface area contributed by atoms with Crippen molar-refractivity contribution < 1.29 is 23.9 Å². The van der Waals surface area contributed by atoms with E-state index in [9.17, 15) is 19.2 Å². The lowest BCUT2D eigenvalue weighted by Crippen LogP contribution is -2.43. The third-order valence-corrected chi connectivity index (χ3v) is 5.52. The van der Waals surface area contributed by atoms with Crippen molar-refractivity contribution in [2.24, 2.45) is 0 Å². The number of hydrogen-bond donors (Lipinski definition) is 3. The number of esters is 1. The number of fused-ring (bicyclic) bond motifs is 1. The molecule has 1 aromatic carbocycles. The molecule has 1 aliphatic heterocycles. The minimum absolute atomic E-state index is 0.0117. The van der Waals surface area contributed by atoms with Gasteiger partial charge in [0.2, 0.25) is 11.8 Å². The molecule has 2 heterocycles. The molecule has 0 saturated heterocycles. The number of rotatable bonds is 5. The highest BCUT2D eigenvalue weighted by atomic mass is 32.1. The van der Waals surface area contributed by atoms with Crippen molar-refractivity contribution in [2.45, 2.75) is 32.2 Å². The molecule has 1 aliphatic rings. The molecule has 10 heteroatoms. The fourth-order valence-corrected chi connectivity index (χ4v) is 3.80. The van der Waals surface area contributed by atoms with Crippen LogP contribution in [0, 0.1) is 0 Å². The minimum atomic E-state index is -1.04. The Labute approximate surface area is 170 Å². The van der Waals surface area contributed by atoms with Crippen LogP contribution in [0.15, 0.2) is 24.3 Å². The second kappa shape index (κ2) is 8.39. The molecule has 1 atom stereocenters. The van der Waals surface area contributed by atoms with Crippen molar-refractivity contribution >= 4 is 45.8 Å². The fourth-order valence-electron chi connectivity index (χ4n) is 2.83. The second-order valence-corrected chi connectivity index (χ2v) is 7.72. The Hall–Kier alpha value is -3.27. The Morgan fingerprint density at radius 1 is 1.28 bits per heavy atom. The van der Waals surface area contributed by atoms with Gasteiger partial charge in [-0.3, -0.25) is 14.4 Å². The van der Waals surface area contributed by atoms with Crippen molar-refractivity contribution in [3.63, 3.8) is 0 Å². The molecule has 0 bridgehead atoms. The SMILES string of the molecule is COC(=O)c1nc(NC(=O)C[C@@H]2NC(=O)c3ccccc3NC2=O)sc1C(C)C. The number of para-hydroxylation sites is 1. The van der Waals surface area contributed by atoms with E-state index in [-0.39, 0.29) is 23.2 Å². The van der Waals surface area contributed by atoms with E-state index in [2.05, 4.69) is 20.9 Å². The van der Waals surface area contributed by atoms with Crippen LogP contribution < -0.4 is 16.0 Å². The maximum Gasteiger partial charge on any atom is 0.357 e. The van der Waals surface area contributed by atoms with Crippen LogP contribution in [-0.2, 0) is 14.3 Å². The number of carbonyl (C=O) groups is 4. The lowest BCUT2D eigenvalue weighted by atomic mass is 10.1. The Morgan fingerprint density at radius 2 is 2.00 bits per heavy atom. The summed E-state index contributed by atoms with van der Waals surface area (Å²) in [6.45, 7) is 3.79. The van der Waals surface area contributed by atoms with Crippen LogP contribution in [0.3, 0.4) is 0 Å². The van der Waals surface area contributed by atoms with Crippen LogP contribution in [0.5, 0.6) is 0 Å². The number of hydrogen-bond acceptors (Lipinski definition) is 7. The Morgan fingerprint density at radius 3 is 2.69 bits per heavy atom. The summed E-state index contributed by atoms with van der Waals surface area (Å²) in [6.07, 6.45) is -0.282. The van der Waals surface area contributed by atoms with Gasteiger partial charge in [0, 0.05) is 4.88 Å². The van der Waals surface area contributed by atoms with E-state index >= 15 is 0 Å². The van der Waals surface area contributed by atoms with Gasteiger partial charge in [-0.25, -0.2) is 9.78 Å². The zero-order valence-corrected chi connectivity index (χ0v) is 16.9. The average Bonchev–Trinajstić information content (AvgIpc) is 3.06. The standard InChI is InChI=1S/C19H20N4O5S/c1-9(2)15-14(18(27)28-3)23-19(29-15)22-13(24)8-12-17(26)20-11-7-5-4-6-10(11)16(25)21-12/h4-7,9,12H,8H2,1-3H3,(H,20,26)(H,21,25)(H,22,23,24)/t12-/m0/s1. The quantitative estimate of drug-likeness (QED) is 0.641. The number of ether oxygens (including phenoxy) is 1. The van der Waals surface area contributed by atoms with Gasteiger partial charge < -0.3 is 20.7 Å². The summed E-state index contributed by atoms with van der Waals surface area (Å²) in [6, 6.07) is 5.55. The number of nitrogens with one attached hydrogen (secondary N) is 3. The van der Waals surface area contributed by atoms with Crippen LogP contribution in [0.2, 0.25) is 0 Å². The second-order valence-electron chi connectivity index (χ2n) is 6.69. The Balaban J connectivity index is 1.72. The molecule has 0 spiro atoms. The number of carbonyl (C=O) groups excluding carboxylic acids is 4. The summed E-state index contributed by atoms with van der Waals surface area (Å²) in [5.41, 5.74) is 0.869. The molecule has 3 N–H and O–H groups in total. The normalized spacial score (nSPS) is 15.8. The highest BCUT2D eigenvalue weighted by Gasteiger charge is 2.30. The number of methoxy groups -OCH3 is 1. The number of amides is 3. The van der Waals surface area contributed by atoms with E-state index in [1.54, 1.807) is 24.3 Å². The highest BCUT2D eigenvalue weighted by molar-refractivity contribution is 7.16. The van der Waals surface area contributed by atoms with E-state index in [1.165, 1.54) is 18.4 Å². The topological polar surface area (TPSA) is 126 Å². The first kappa shape index (κ1) is 20.5. The van der Waals surface area contributed by atoms with E-state index in [1.807, 2.05) is 13.8 Å². The van der Waals surface area contributed by atoms with Crippen LogP contribution >= 0.6 is 11.3 Å². The maximum absolute atomic E-state index is 12.5. The van der Waals surface area contributed by atoms with Crippen molar-refractivity contribution in [3.05, 3.63) is 40.4 Å². The predicted molar refractivity (Wildman–Crippen MR) is 107 cm³/mol. The lowest BCUT2D eigenvalue weighted by Gasteiger charge is -2.13. The number of aromatic nitrogens is 1. The molecule has 0 aliphatic carbocycles. The summed E-state index contributed by atoms with van der Waals surface area (Å²) < 4.78 is 4.73. The minimum Gasteiger partial charge on any atom is -0.464 e. The lowest BCUT2D eigenvalue weighted by molar-refractivity contribution is -0.122. The number of anilines is 2. The number of benzene rings is 1. The molecule has 2 aromatic rings. The van der Waals surface area contributed by atoms with Crippen molar-refractivity contribution in [1.82, 2.24) is 10.3 Å². The molecule has 0 fully saturated rings. The summed E-state index contributed by atoms with van der Waals surface area (Å²) >= 11 is 1.17. The predicted octanol–water partition coefficient (Wildman–Crippen LogP) is 2.13. The van der Waals surface area contributed by atoms with E-state index in [4.69, 9.17) is 4.74 Å². The molecule has 1 aromatic heterocycles. The summed E-state index contributed by atoms with van der Waals surface area (Å²) in [7, 11) is 1.26. The van der Waals surface area contributed by atoms with E-state index in [0.717, 1.165) is 0 Å². The van der Waals surface area contributed by atoms with Gasteiger partial charge in [0.1, 0.15) is 6.04 Å². The maximum atomic E-state index is 12.5. The Bertz CT molecular complexity index is 985. The Kier molecular flexibility index (Phi) is 5.92. The van der Waals surface area contributed by atoms with Gasteiger partial charge in [0.05, 0.1) is 24.8 Å². The molecule has 29 heavy (non-hydrogen) atoms. The molecule has 0 radical (unpaired) electrons. The van der Waals surface area contributed by atoms with Crippen LogP contribution in [-0.4, -0.2) is 41.8 Å². The first-order valence-electron chi connectivity index (χ1n) is 8.89. The zero-order chi connectivity index (χ0) is 21.1. The largest absolute Gasteiger partial charge is 0.464 e. The average molecular weight is 416 g/mol. The van der Waals surface area contributed by atoms with E-state index in [0.29, 0.717) is 16.1 Å². The van der Waals surface area contributed by atoms with Gasteiger partial charge in [-0.15, -0.1) is 11.3 Å². The van der Waals surface area contributed by atoms with Gasteiger partial charge >= 0.3 is 5.97 Å². The van der Waals surface area contributed by atoms with Crippen molar-refractivity contribution in [2.75, 3.05) is 17.7 Å². The molecule has 9 nitrogen and oxygen atoms in total. The highest BCUT2D eigenvalue weighted by Crippen LogP contribution is 2.30. The van der Waals surface area contributed by atoms with Crippen molar-refractivity contribution in [3.8, 4) is 0 Å². The summed E-state index contributed by atoms with van der Waals surface area (Å²) in [5.74, 6) is -2.02. The van der Waals surface area contributed by atoms with Crippen LogP contribution in [0.25, 0.3) is 0 Å². The molecule has 0 saturated carbocycles. The molecular formula is C19H20N4O5S. The molecule has 3 rings (SSSR count). The summed E-state index contributed by atoms with van der Waals surface area (Å²) in [5, 5.41) is 8.02. The van der Waals surface area contributed by atoms with Crippen molar-refractivity contribution in [1.29, 1.82) is 0 Å². The number of thiazole rings is 1. The van der Waals surface area contributed by atoms with E-state index < -0.39 is 29.7 Å². The van der Waals surface area contributed by atoms with Gasteiger partial charge in [0.15, 0.2) is 10.8 Å². The fraction of sp³-hybridized carbons (Fsp3) is 0.316. The van der Waals surface area contributed by atoms with Gasteiger partial charge in [0.25, 0.3) is 5.91 Å². The summed E-state index contributed by atoms with van der Waals surface area (Å²) in [4.78, 5) is 53.9. The molecular weight excluding hydrogens is 396 g/mol. The van der Waals surface area contributed by atoms with Gasteiger partial charge in [-0.05, 0) is 18.1 Å². The molecule has 152 valence electrons. The third kappa shape index (κ3) is 4.43. The first-order chi connectivity index (χ1) is 13.8. The zero-order valence-electron chi connectivity index (χ0n) is 16.1. The molecule has 3 amide bonds. The molecule has 0 unspecified atom stereocenters. The van der Waals surface area contributed by atoms with Gasteiger partial charge in [-0.2, -0.15) is 0 Å². The number of nitrogens with zero attached hydrogens (tertiary/aromatic N) is 1. The smallest absolute Gasteiger partial charge is 0.357 e. The first-order valence-corrected chi connectivity index (χ1v) is 9.71. The van der Waals surface area contributed by atoms with Crippen LogP contribution in [0.1, 0.15) is 51.9 Å². The third-order valence-electron chi connectivity index (χ3n) is 4.24.